The molecule has 0 bridgehead atoms. The summed E-state index contributed by atoms with van der Waals surface area (Å²) in [5.41, 5.74) is 7.93. The normalized spacial score (nSPS) is 21.3. The SMILES string of the molecule is CCOC(=O)[C@@H]1Cc2c(ccc(Cl)c2Cl)[C@@H](N)C1.Cl. The fourth-order valence-corrected chi connectivity index (χ4v) is 2.79. The summed E-state index contributed by atoms with van der Waals surface area (Å²) in [6.45, 7) is 2.17. The average Bonchev–Trinajstić information content (AvgIpc) is 2.34. The molecular weight excluding hydrogens is 309 g/mol. The van der Waals surface area contributed by atoms with Gasteiger partial charge in [-0.05, 0) is 37.0 Å². The molecule has 6 heteroatoms. The molecule has 0 saturated heterocycles. The number of hydrogen-bond acceptors (Lipinski definition) is 3. The molecule has 0 saturated carbocycles. The maximum absolute atomic E-state index is 11.8. The zero-order valence-electron chi connectivity index (χ0n) is 10.5. The molecule has 1 aliphatic carbocycles. The van der Waals surface area contributed by atoms with Gasteiger partial charge in [-0.15, -0.1) is 12.4 Å². The van der Waals surface area contributed by atoms with Crippen molar-refractivity contribution in [3.05, 3.63) is 33.3 Å². The molecule has 106 valence electrons. The lowest BCUT2D eigenvalue weighted by Crippen LogP contribution is -2.30. The van der Waals surface area contributed by atoms with Crippen molar-refractivity contribution in [3.63, 3.8) is 0 Å². The number of esters is 1. The second-order valence-corrected chi connectivity index (χ2v) is 5.21. The van der Waals surface area contributed by atoms with Gasteiger partial charge in [-0.25, -0.2) is 0 Å². The summed E-state index contributed by atoms with van der Waals surface area (Å²) in [5.74, 6) is -0.446. The van der Waals surface area contributed by atoms with Crippen LogP contribution in [0.5, 0.6) is 0 Å². The van der Waals surface area contributed by atoms with Crippen molar-refractivity contribution in [3.8, 4) is 0 Å². The van der Waals surface area contributed by atoms with Gasteiger partial charge in [-0.1, -0.05) is 29.3 Å². The van der Waals surface area contributed by atoms with Crippen LogP contribution in [0.25, 0.3) is 0 Å². The highest BCUT2D eigenvalue weighted by Crippen LogP contribution is 2.39. The van der Waals surface area contributed by atoms with Crippen LogP contribution in [0.3, 0.4) is 0 Å². The van der Waals surface area contributed by atoms with E-state index in [9.17, 15) is 4.79 Å². The van der Waals surface area contributed by atoms with E-state index >= 15 is 0 Å². The van der Waals surface area contributed by atoms with Gasteiger partial charge in [0, 0.05) is 6.04 Å². The van der Waals surface area contributed by atoms with E-state index in [0.29, 0.717) is 29.5 Å². The Kier molecular flexibility index (Phi) is 5.93. The van der Waals surface area contributed by atoms with Gasteiger partial charge >= 0.3 is 5.97 Å². The van der Waals surface area contributed by atoms with Gasteiger partial charge in [0.25, 0.3) is 0 Å². The highest BCUT2D eigenvalue weighted by atomic mass is 35.5. The van der Waals surface area contributed by atoms with Gasteiger partial charge in [0.2, 0.25) is 0 Å². The number of carbonyl (C=O) groups excluding carboxylic acids is 1. The lowest BCUT2D eigenvalue weighted by atomic mass is 9.81. The molecule has 1 aromatic carbocycles. The molecule has 0 aliphatic heterocycles. The molecule has 0 spiro atoms. The van der Waals surface area contributed by atoms with Gasteiger partial charge in [0.15, 0.2) is 0 Å². The van der Waals surface area contributed by atoms with Crippen LogP contribution in [-0.2, 0) is 16.0 Å². The van der Waals surface area contributed by atoms with E-state index in [-0.39, 0.29) is 30.3 Å². The third kappa shape index (κ3) is 3.34. The van der Waals surface area contributed by atoms with Crippen LogP contribution in [0.4, 0.5) is 0 Å². The monoisotopic (exact) mass is 323 g/mol. The molecular formula is C13H16Cl3NO2. The molecule has 0 unspecified atom stereocenters. The molecule has 2 rings (SSSR count). The minimum absolute atomic E-state index is 0. The predicted octanol–water partition coefficient (Wildman–Crippen LogP) is 3.54. The number of fused-ring (bicyclic) bond motifs is 1. The average molecular weight is 325 g/mol. The van der Waals surface area contributed by atoms with Crippen molar-refractivity contribution in [2.75, 3.05) is 6.61 Å². The van der Waals surface area contributed by atoms with Crippen molar-refractivity contribution in [1.82, 2.24) is 0 Å². The Balaban J connectivity index is 0.00000180. The zero-order chi connectivity index (χ0) is 13.3. The first-order chi connectivity index (χ1) is 8.54. The number of carbonyl (C=O) groups is 1. The van der Waals surface area contributed by atoms with Crippen LogP contribution in [0.1, 0.15) is 30.5 Å². The van der Waals surface area contributed by atoms with Crippen molar-refractivity contribution in [2.45, 2.75) is 25.8 Å². The molecule has 0 heterocycles. The van der Waals surface area contributed by atoms with Crippen molar-refractivity contribution in [1.29, 1.82) is 0 Å². The summed E-state index contributed by atoms with van der Waals surface area (Å²) in [4.78, 5) is 11.8. The van der Waals surface area contributed by atoms with Crippen LogP contribution in [0.15, 0.2) is 12.1 Å². The van der Waals surface area contributed by atoms with Crippen molar-refractivity contribution in [2.24, 2.45) is 11.7 Å². The molecule has 0 amide bonds. The van der Waals surface area contributed by atoms with Crippen LogP contribution >= 0.6 is 35.6 Å². The summed E-state index contributed by atoms with van der Waals surface area (Å²) in [7, 11) is 0. The number of ether oxygens (including phenoxy) is 1. The molecule has 0 aromatic heterocycles. The molecule has 19 heavy (non-hydrogen) atoms. The van der Waals surface area contributed by atoms with E-state index in [1.54, 1.807) is 13.0 Å². The molecule has 0 radical (unpaired) electrons. The smallest absolute Gasteiger partial charge is 0.309 e. The lowest BCUT2D eigenvalue weighted by molar-refractivity contribution is -0.148. The number of rotatable bonds is 2. The number of nitrogens with two attached hydrogens (primary N) is 1. The van der Waals surface area contributed by atoms with E-state index in [4.69, 9.17) is 33.7 Å². The highest BCUT2D eigenvalue weighted by molar-refractivity contribution is 6.42. The third-order valence-electron chi connectivity index (χ3n) is 3.24. The topological polar surface area (TPSA) is 52.3 Å². The fourth-order valence-electron chi connectivity index (χ4n) is 2.37. The Morgan fingerprint density at radius 1 is 1.47 bits per heavy atom. The Morgan fingerprint density at radius 3 is 2.79 bits per heavy atom. The second kappa shape index (κ2) is 6.80. The maximum atomic E-state index is 11.8. The van der Waals surface area contributed by atoms with Gasteiger partial charge < -0.3 is 10.5 Å². The van der Waals surface area contributed by atoms with Crippen LogP contribution in [0.2, 0.25) is 10.0 Å². The maximum Gasteiger partial charge on any atom is 0.309 e. The van der Waals surface area contributed by atoms with E-state index < -0.39 is 0 Å². The highest BCUT2D eigenvalue weighted by Gasteiger charge is 2.32. The van der Waals surface area contributed by atoms with E-state index in [0.717, 1.165) is 11.1 Å². The first-order valence-corrected chi connectivity index (χ1v) is 6.69. The number of halogens is 3. The predicted molar refractivity (Wildman–Crippen MR) is 79.1 cm³/mol. The standard InChI is InChI=1S/C13H15Cl2NO2.ClH/c1-2-18-13(17)7-5-9-8(11(16)6-7)3-4-10(14)12(9)15;/h3-4,7,11H,2,5-6,16H2,1H3;1H/t7-,11+;/m1./s1. The summed E-state index contributed by atoms with van der Waals surface area (Å²) < 4.78 is 5.04. The van der Waals surface area contributed by atoms with E-state index in [1.807, 2.05) is 6.07 Å². The third-order valence-corrected chi connectivity index (χ3v) is 4.08. The molecule has 2 N–H and O–H groups in total. The Morgan fingerprint density at radius 2 is 2.16 bits per heavy atom. The second-order valence-electron chi connectivity index (χ2n) is 4.42. The Bertz CT molecular complexity index is 479. The quantitative estimate of drug-likeness (QED) is 0.847. The van der Waals surface area contributed by atoms with Crippen LogP contribution in [-0.4, -0.2) is 12.6 Å². The van der Waals surface area contributed by atoms with E-state index in [1.165, 1.54) is 0 Å². The van der Waals surface area contributed by atoms with Crippen LogP contribution < -0.4 is 5.73 Å². The van der Waals surface area contributed by atoms with Crippen LogP contribution in [0, 0.1) is 5.92 Å². The fraction of sp³-hybridized carbons (Fsp3) is 0.462. The van der Waals surface area contributed by atoms with Gasteiger partial charge in [0.1, 0.15) is 0 Å². The first-order valence-electron chi connectivity index (χ1n) is 5.93. The van der Waals surface area contributed by atoms with Gasteiger partial charge in [-0.3, -0.25) is 4.79 Å². The Hall–Kier alpha value is -0.480. The summed E-state index contributed by atoms with van der Waals surface area (Å²) in [6.07, 6.45) is 1.13. The largest absolute Gasteiger partial charge is 0.466 e. The molecule has 3 nitrogen and oxygen atoms in total. The first kappa shape index (κ1) is 16.6. The lowest BCUT2D eigenvalue weighted by Gasteiger charge is -2.29. The summed E-state index contributed by atoms with van der Waals surface area (Å²) >= 11 is 12.2. The minimum Gasteiger partial charge on any atom is -0.466 e. The zero-order valence-corrected chi connectivity index (χ0v) is 12.8. The summed E-state index contributed by atoms with van der Waals surface area (Å²) in [6, 6.07) is 3.43. The van der Waals surface area contributed by atoms with E-state index in [2.05, 4.69) is 0 Å². The van der Waals surface area contributed by atoms with Crippen molar-refractivity contribution >= 4 is 41.6 Å². The summed E-state index contributed by atoms with van der Waals surface area (Å²) in [5, 5.41) is 0.991. The van der Waals surface area contributed by atoms with Gasteiger partial charge in [0.05, 0.1) is 22.6 Å². The Labute approximate surface area is 128 Å². The number of benzene rings is 1. The molecule has 2 atom stereocenters. The molecule has 1 aromatic rings. The molecule has 1 aliphatic rings. The minimum atomic E-state index is -0.233. The number of hydrogen-bond donors (Lipinski definition) is 1. The van der Waals surface area contributed by atoms with Crippen molar-refractivity contribution < 1.29 is 9.53 Å². The molecule has 0 fully saturated rings. The van der Waals surface area contributed by atoms with Gasteiger partial charge in [-0.2, -0.15) is 0 Å².